The van der Waals surface area contributed by atoms with Crippen LogP contribution >= 0.6 is 11.8 Å². The van der Waals surface area contributed by atoms with Gasteiger partial charge in [0.1, 0.15) is 6.04 Å². The average molecular weight is 187 g/mol. The lowest BCUT2D eigenvalue weighted by molar-refractivity contribution is -0.142. The molecule has 4 heteroatoms. The molecule has 0 aromatic carbocycles. The minimum atomic E-state index is -0.687. The van der Waals surface area contributed by atoms with Gasteiger partial charge in [0, 0.05) is 23.6 Å². The predicted octanol–water partition coefficient (Wildman–Crippen LogP) is 0.649. The molecular weight excluding hydrogens is 174 g/mol. The fraction of sp³-hybridized carbons (Fsp3) is 0.875. The Labute approximate surface area is 76.1 Å². The van der Waals surface area contributed by atoms with Gasteiger partial charge in [0.25, 0.3) is 0 Å². The normalized spacial score (nSPS) is 37.1. The van der Waals surface area contributed by atoms with Gasteiger partial charge in [-0.25, -0.2) is 0 Å². The zero-order chi connectivity index (χ0) is 8.72. The highest BCUT2D eigenvalue weighted by atomic mass is 32.2. The molecule has 12 heavy (non-hydrogen) atoms. The van der Waals surface area contributed by atoms with Gasteiger partial charge in [-0.3, -0.25) is 9.69 Å². The van der Waals surface area contributed by atoms with Crippen LogP contribution in [0, 0.1) is 0 Å². The van der Waals surface area contributed by atoms with Crippen LogP contribution in [-0.4, -0.2) is 45.6 Å². The Morgan fingerprint density at radius 3 is 2.92 bits per heavy atom. The van der Waals surface area contributed by atoms with Gasteiger partial charge in [-0.15, -0.1) is 0 Å². The molecule has 2 fully saturated rings. The lowest BCUT2D eigenvalue weighted by Gasteiger charge is -2.29. The molecule has 0 aliphatic carbocycles. The molecule has 0 saturated carbocycles. The number of thioether (sulfide) groups is 1. The van der Waals surface area contributed by atoms with Crippen molar-refractivity contribution in [1.29, 1.82) is 0 Å². The van der Waals surface area contributed by atoms with E-state index in [0.717, 1.165) is 12.3 Å². The molecule has 0 radical (unpaired) electrons. The summed E-state index contributed by atoms with van der Waals surface area (Å²) in [5, 5.41) is 9.53. The first-order valence-electron chi connectivity index (χ1n) is 4.28. The van der Waals surface area contributed by atoms with Crippen molar-refractivity contribution in [2.45, 2.75) is 30.7 Å². The molecular formula is C8H13NO2S. The summed E-state index contributed by atoms with van der Waals surface area (Å²) in [6.07, 6.45) is 1.20. The van der Waals surface area contributed by atoms with E-state index in [4.69, 9.17) is 5.11 Å². The number of hydrogen-bond donors (Lipinski definition) is 1. The Balaban J connectivity index is 2.02. The van der Waals surface area contributed by atoms with E-state index in [1.165, 1.54) is 6.42 Å². The monoisotopic (exact) mass is 187 g/mol. The minimum Gasteiger partial charge on any atom is -0.480 e. The number of fused-ring (bicyclic) bond motifs is 2. The number of aliphatic carboxylic acids is 1. The second-order valence-corrected chi connectivity index (χ2v) is 4.89. The SMILES string of the molecule is CC(C(=O)O)N1CC2CC1CS2. The van der Waals surface area contributed by atoms with Crippen LogP contribution in [0.25, 0.3) is 0 Å². The Bertz CT molecular complexity index is 209. The molecule has 0 aromatic heterocycles. The van der Waals surface area contributed by atoms with Crippen LogP contribution in [-0.2, 0) is 4.79 Å². The van der Waals surface area contributed by atoms with Crippen LogP contribution in [0.1, 0.15) is 13.3 Å². The van der Waals surface area contributed by atoms with Gasteiger partial charge in [0.2, 0.25) is 0 Å². The maximum absolute atomic E-state index is 10.7. The molecule has 0 spiro atoms. The number of nitrogens with zero attached hydrogens (tertiary/aromatic N) is 1. The summed E-state index contributed by atoms with van der Waals surface area (Å²) in [4.78, 5) is 12.8. The zero-order valence-electron chi connectivity index (χ0n) is 7.06. The predicted molar refractivity (Wildman–Crippen MR) is 48.5 cm³/mol. The highest BCUT2D eigenvalue weighted by Crippen LogP contribution is 2.38. The molecule has 68 valence electrons. The molecule has 0 amide bonds. The van der Waals surface area contributed by atoms with Crippen molar-refractivity contribution >= 4 is 17.7 Å². The molecule has 3 atom stereocenters. The van der Waals surface area contributed by atoms with Crippen molar-refractivity contribution in [3.8, 4) is 0 Å². The third-order valence-electron chi connectivity index (χ3n) is 2.80. The van der Waals surface area contributed by atoms with E-state index in [2.05, 4.69) is 4.90 Å². The van der Waals surface area contributed by atoms with Crippen molar-refractivity contribution in [2.24, 2.45) is 0 Å². The van der Waals surface area contributed by atoms with Gasteiger partial charge < -0.3 is 5.11 Å². The Morgan fingerprint density at radius 2 is 2.50 bits per heavy atom. The fourth-order valence-electron chi connectivity index (χ4n) is 2.05. The molecule has 3 unspecified atom stereocenters. The van der Waals surface area contributed by atoms with Gasteiger partial charge in [0.15, 0.2) is 0 Å². The van der Waals surface area contributed by atoms with Crippen molar-refractivity contribution in [3.63, 3.8) is 0 Å². The van der Waals surface area contributed by atoms with Gasteiger partial charge in [-0.1, -0.05) is 0 Å². The number of carboxylic acid groups (broad SMARTS) is 1. The summed E-state index contributed by atoms with van der Waals surface area (Å²) >= 11 is 1.99. The standard InChI is InChI=1S/C8H13NO2S/c1-5(8(10)11)9-3-7-2-6(9)4-12-7/h5-7H,2-4H2,1H3,(H,10,11). The lowest BCUT2D eigenvalue weighted by Crippen LogP contribution is -2.44. The number of likely N-dealkylation sites (tertiary alicyclic amines) is 1. The van der Waals surface area contributed by atoms with Gasteiger partial charge in [-0.05, 0) is 13.3 Å². The summed E-state index contributed by atoms with van der Waals surface area (Å²) < 4.78 is 0. The molecule has 0 aromatic rings. The Morgan fingerprint density at radius 1 is 1.75 bits per heavy atom. The van der Waals surface area contributed by atoms with Crippen molar-refractivity contribution in [1.82, 2.24) is 4.90 Å². The number of carboxylic acids is 1. The van der Waals surface area contributed by atoms with Crippen LogP contribution in [0.2, 0.25) is 0 Å². The number of hydrogen-bond acceptors (Lipinski definition) is 3. The van der Waals surface area contributed by atoms with Crippen molar-refractivity contribution in [3.05, 3.63) is 0 Å². The van der Waals surface area contributed by atoms with Crippen LogP contribution in [0.3, 0.4) is 0 Å². The second kappa shape index (κ2) is 2.92. The third kappa shape index (κ3) is 1.23. The maximum Gasteiger partial charge on any atom is 0.320 e. The largest absolute Gasteiger partial charge is 0.480 e. The molecule has 2 aliphatic heterocycles. The van der Waals surface area contributed by atoms with Crippen LogP contribution in [0.4, 0.5) is 0 Å². The Hall–Kier alpha value is -0.220. The van der Waals surface area contributed by atoms with Crippen LogP contribution < -0.4 is 0 Å². The first-order valence-corrected chi connectivity index (χ1v) is 5.33. The molecule has 1 N–H and O–H groups in total. The van der Waals surface area contributed by atoms with Crippen molar-refractivity contribution < 1.29 is 9.90 Å². The topological polar surface area (TPSA) is 40.5 Å². The summed E-state index contributed by atoms with van der Waals surface area (Å²) in [6.45, 7) is 2.76. The van der Waals surface area contributed by atoms with E-state index in [1.54, 1.807) is 6.92 Å². The first kappa shape index (κ1) is 8.38. The quantitative estimate of drug-likeness (QED) is 0.689. The van der Waals surface area contributed by atoms with Crippen molar-refractivity contribution in [2.75, 3.05) is 12.3 Å². The fourth-order valence-corrected chi connectivity index (χ4v) is 3.50. The third-order valence-corrected chi connectivity index (χ3v) is 4.19. The van der Waals surface area contributed by atoms with E-state index < -0.39 is 5.97 Å². The Kier molecular flexibility index (Phi) is 2.04. The van der Waals surface area contributed by atoms with E-state index in [9.17, 15) is 4.79 Å². The molecule has 3 nitrogen and oxygen atoms in total. The van der Waals surface area contributed by atoms with E-state index in [1.807, 2.05) is 11.8 Å². The first-order chi connectivity index (χ1) is 5.68. The molecule has 2 rings (SSSR count). The van der Waals surface area contributed by atoms with E-state index in [-0.39, 0.29) is 6.04 Å². The highest BCUT2D eigenvalue weighted by molar-refractivity contribution is 8.00. The summed E-state index contributed by atoms with van der Waals surface area (Å²) in [5.41, 5.74) is 0. The van der Waals surface area contributed by atoms with Crippen LogP contribution in [0.15, 0.2) is 0 Å². The molecule has 2 bridgehead atoms. The van der Waals surface area contributed by atoms with Gasteiger partial charge in [0.05, 0.1) is 0 Å². The summed E-state index contributed by atoms with van der Waals surface area (Å²) in [7, 11) is 0. The van der Waals surface area contributed by atoms with Crippen LogP contribution in [0.5, 0.6) is 0 Å². The maximum atomic E-state index is 10.7. The zero-order valence-corrected chi connectivity index (χ0v) is 7.88. The second-order valence-electron chi connectivity index (χ2n) is 3.56. The lowest BCUT2D eigenvalue weighted by atomic mass is 10.2. The number of rotatable bonds is 2. The smallest absolute Gasteiger partial charge is 0.320 e. The molecule has 2 aliphatic rings. The molecule has 2 heterocycles. The number of carbonyl (C=O) groups is 1. The van der Waals surface area contributed by atoms with E-state index >= 15 is 0 Å². The minimum absolute atomic E-state index is 0.291. The van der Waals surface area contributed by atoms with Gasteiger partial charge >= 0.3 is 5.97 Å². The van der Waals surface area contributed by atoms with Gasteiger partial charge in [-0.2, -0.15) is 11.8 Å². The summed E-state index contributed by atoms with van der Waals surface area (Å²) in [6, 6.07) is 0.243. The van der Waals surface area contributed by atoms with E-state index in [0.29, 0.717) is 11.3 Å². The highest BCUT2D eigenvalue weighted by Gasteiger charge is 2.42. The molecule has 2 saturated heterocycles. The summed E-state index contributed by atoms with van der Waals surface area (Å²) in [5.74, 6) is 0.440. The average Bonchev–Trinajstić information content (AvgIpc) is 2.62.